The zero-order chi connectivity index (χ0) is 30.7. The second kappa shape index (κ2) is 12.8. The fourth-order valence-corrected chi connectivity index (χ4v) is 6.85. The van der Waals surface area contributed by atoms with E-state index in [2.05, 4.69) is 24.7 Å². The van der Waals surface area contributed by atoms with Gasteiger partial charge in [0.05, 0.1) is 29.6 Å². The lowest BCUT2D eigenvalue weighted by atomic mass is 10.0. The number of hydrogen-bond acceptors (Lipinski definition) is 9. The number of ether oxygens (including phenoxy) is 2. The Morgan fingerprint density at radius 2 is 1.90 bits per heavy atom. The number of halogens is 4. The third-order valence-electron chi connectivity index (χ3n) is 6.46. The van der Waals surface area contributed by atoms with E-state index in [1.807, 2.05) is 0 Å². The van der Waals surface area contributed by atoms with Gasteiger partial charge in [0.15, 0.2) is 5.13 Å². The van der Waals surface area contributed by atoms with Gasteiger partial charge in [0.25, 0.3) is 10.0 Å². The quantitative estimate of drug-likeness (QED) is 0.199. The second-order valence-electron chi connectivity index (χ2n) is 9.56. The highest BCUT2D eigenvalue weighted by molar-refractivity contribution is 7.92. The van der Waals surface area contributed by atoms with Crippen molar-refractivity contribution < 1.29 is 40.7 Å². The van der Waals surface area contributed by atoms with E-state index in [0.29, 0.717) is 33.6 Å². The molecule has 0 aliphatic heterocycles. The number of alkyl halides is 3. The fraction of sp³-hybridized carbons (Fsp3) is 0.385. The van der Waals surface area contributed by atoms with Gasteiger partial charge < -0.3 is 14.8 Å². The first kappa shape index (κ1) is 31.5. The molecule has 0 spiro atoms. The van der Waals surface area contributed by atoms with Crippen LogP contribution in [0.3, 0.4) is 0 Å². The minimum Gasteiger partial charge on any atom is -0.495 e. The predicted octanol–water partition coefficient (Wildman–Crippen LogP) is 6.10. The Morgan fingerprint density at radius 1 is 1.19 bits per heavy atom. The maximum atomic E-state index is 13.4. The molecule has 0 bridgehead atoms. The van der Waals surface area contributed by atoms with Crippen LogP contribution in [0.1, 0.15) is 43.4 Å². The van der Waals surface area contributed by atoms with Crippen molar-refractivity contribution in [3.63, 3.8) is 0 Å². The first-order valence-electron chi connectivity index (χ1n) is 12.6. The number of amides is 1. The number of nitrogens with one attached hydrogen (secondary N) is 2. The summed E-state index contributed by atoms with van der Waals surface area (Å²) in [7, 11) is -3.05. The summed E-state index contributed by atoms with van der Waals surface area (Å²) in [5.74, 6) is -2.16. The van der Waals surface area contributed by atoms with Gasteiger partial charge in [-0.1, -0.05) is 35.8 Å². The molecular formula is C26H26ClF3N4O6S2. The number of rotatable bonds is 10. The van der Waals surface area contributed by atoms with Crippen LogP contribution in [0.25, 0.3) is 10.4 Å². The van der Waals surface area contributed by atoms with E-state index in [4.69, 9.17) is 16.3 Å². The summed E-state index contributed by atoms with van der Waals surface area (Å²) < 4.78 is 76.0. The molecule has 226 valence electrons. The van der Waals surface area contributed by atoms with Gasteiger partial charge in [-0.05, 0) is 55.5 Å². The van der Waals surface area contributed by atoms with Gasteiger partial charge in [0.1, 0.15) is 22.4 Å². The minimum absolute atomic E-state index is 0.0137. The molecule has 10 nitrogen and oxygen atoms in total. The molecule has 3 aromatic rings. The monoisotopic (exact) mass is 646 g/mol. The maximum Gasteiger partial charge on any atom is 0.490 e. The molecule has 42 heavy (non-hydrogen) atoms. The first-order chi connectivity index (χ1) is 19.8. The van der Waals surface area contributed by atoms with Crippen LogP contribution in [0.2, 0.25) is 5.15 Å². The smallest absolute Gasteiger partial charge is 0.490 e. The molecule has 1 aliphatic rings. The van der Waals surface area contributed by atoms with Crippen LogP contribution in [0.15, 0.2) is 35.4 Å². The standard InChI is InChI=1S/C26H26ClF3N4O6S2/c1-14-22(41-25(32-14)33-21(35)9-15-5-3-4-6-15)16-7-8-19(39-2)20(11-16)42(37,38)34-18-10-17(23(27)31-12-18)13-40-24(36)26(28,29)30/h7-8,10-12,15,34H,3-6,9,13H2,1-2H3,(H,32,33,35). The molecule has 1 amide bonds. The number of hydrogen-bond donors (Lipinski definition) is 2. The highest BCUT2D eigenvalue weighted by Crippen LogP contribution is 2.37. The molecule has 0 radical (unpaired) electrons. The number of aryl methyl sites for hydroxylation is 1. The van der Waals surface area contributed by atoms with Crippen molar-refractivity contribution in [2.75, 3.05) is 17.1 Å². The summed E-state index contributed by atoms with van der Waals surface area (Å²) in [6.45, 7) is 0.852. The zero-order valence-corrected chi connectivity index (χ0v) is 24.8. The molecule has 0 atom stereocenters. The number of methoxy groups -OCH3 is 1. The third-order valence-corrected chi connectivity index (χ3v) is 9.33. The summed E-state index contributed by atoms with van der Waals surface area (Å²) >= 11 is 7.10. The van der Waals surface area contributed by atoms with Gasteiger partial charge in [-0.2, -0.15) is 13.2 Å². The van der Waals surface area contributed by atoms with Crippen LogP contribution in [-0.2, 0) is 31.0 Å². The number of esters is 1. The minimum atomic E-state index is -5.21. The third kappa shape index (κ3) is 7.69. The number of nitrogens with zero attached hydrogens (tertiary/aromatic N) is 2. The molecule has 1 saturated carbocycles. The zero-order valence-electron chi connectivity index (χ0n) is 22.4. The summed E-state index contributed by atoms with van der Waals surface area (Å²) in [4.78, 5) is 32.1. The summed E-state index contributed by atoms with van der Waals surface area (Å²) in [5.41, 5.74) is 0.776. The molecule has 2 heterocycles. The fourth-order valence-electron chi connectivity index (χ4n) is 4.48. The molecular weight excluding hydrogens is 621 g/mol. The van der Waals surface area contributed by atoms with Gasteiger partial charge >= 0.3 is 12.1 Å². The molecule has 1 aromatic carbocycles. The summed E-state index contributed by atoms with van der Waals surface area (Å²) in [6, 6.07) is 5.59. The summed E-state index contributed by atoms with van der Waals surface area (Å²) in [5, 5.41) is 2.96. The van der Waals surface area contributed by atoms with E-state index in [1.54, 1.807) is 13.0 Å². The van der Waals surface area contributed by atoms with E-state index in [-0.39, 0.29) is 33.0 Å². The van der Waals surface area contributed by atoms with Gasteiger partial charge in [-0.15, -0.1) is 0 Å². The summed E-state index contributed by atoms with van der Waals surface area (Å²) in [6.07, 6.45) is 0.595. The van der Waals surface area contributed by atoms with E-state index in [1.165, 1.54) is 30.6 Å². The van der Waals surface area contributed by atoms with Crippen LogP contribution in [0.4, 0.5) is 24.0 Å². The van der Waals surface area contributed by atoms with Gasteiger partial charge in [0, 0.05) is 12.0 Å². The molecule has 1 aliphatic carbocycles. The number of carbonyl (C=O) groups is 2. The Hall–Kier alpha value is -3.43. The van der Waals surface area contributed by atoms with Crippen molar-refractivity contribution >= 4 is 55.7 Å². The van der Waals surface area contributed by atoms with Gasteiger partial charge in [-0.3, -0.25) is 9.52 Å². The Labute approximate surface area is 248 Å². The predicted molar refractivity (Wildman–Crippen MR) is 150 cm³/mol. The van der Waals surface area contributed by atoms with Gasteiger partial charge in [0.2, 0.25) is 5.91 Å². The molecule has 16 heteroatoms. The van der Waals surface area contributed by atoms with E-state index in [0.717, 1.165) is 37.9 Å². The Bertz CT molecular complexity index is 1590. The number of sulfonamides is 1. The van der Waals surface area contributed by atoms with Gasteiger partial charge in [-0.25, -0.2) is 23.2 Å². The van der Waals surface area contributed by atoms with Crippen molar-refractivity contribution in [3.8, 4) is 16.2 Å². The van der Waals surface area contributed by atoms with Crippen molar-refractivity contribution in [3.05, 3.63) is 46.9 Å². The average Bonchev–Trinajstić information content (AvgIpc) is 3.56. The number of carbonyl (C=O) groups excluding carboxylic acids is 2. The van der Waals surface area contributed by atoms with E-state index >= 15 is 0 Å². The van der Waals surface area contributed by atoms with E-state index in [9.17, 15) is 31.2 Å². The molecule has 0 unspecified atom stereocenters. The number of pyridine rings is 1. The van der Waals surface area contributed by atoms with Crippen molar-refractivity contribution in [2.45, 2.75) is 56.7 Å². The number of benzene rings is 1. The van der Waals surface area contributed by atoms with Crippen LogP contribution in [0, 0.1) is 12.8 Å². The Kier molecular flexibility index (Phi) is 9.63. The molecule has 1 fully saturated rings. The Balaban J connectivity index is 1.55. The highest BCUT2D eigenvalue weighted by atomic mass is 35.5. The van der Waals surface area contributed by atoms with Crippen molar-refractivity contribution in [2.24, 2.45) is 5.92 Å². The maximum absolute atomic E-state index is 13.4. The number of anilines is 2. The molecule has 0 saturated heterocycles. The first-order valence-corrected chi connectivity index (χ1v) is 15.3. The van der Waals surface area contributed by atoms with Crippen molar-refractivity contribution in [1.29, 1.82) is 0 Å². The van der Waals surface area contributed by atoms with Crippen LogP contribution in [0.5, 0.6) is 5.75 Å². The average molecular weight is 647 g/mol. The molecule has 2 N–H and O–H groups in total. The van der Waals surface area contributed by atoms with Crippen molar-refractivity contribution in [1.82, 2.24) is 9.97 Å². The Morgan fingerprint density at radius 3 is 2.57 bits per heavy atom. The largest absolute Gasteiger partial charge is 0.495 e. The lowest BCUT2D eigenvalue weighted by Crippen LogP contribution is -2.25. The van der Waals surface area contributed by atoms with Crippen LogP contribution in [-0.4, -0.2) is 43.5 Å². The van der Waals surface area contributed by atoms with Crippen LogP contribution < -0.4 is 14.8 Å². The lowest BCUT2D eigenvalue weighted by molar-refractivity contribution is -0.201. The number of aromatic nitrogens is 2. The number of thiazole rings is 1. The highest BCUT2D eigenvalue weighted by Gasteiger charge is 2.41. The normalized spacial score (nSPS) is 14.0. The molecule has 4 rings (SSSR count). The SMILES string of the molecule is COc1ccc(-c2sc(NC(=O)CC3CCCC3)nc2C)cc1S(=O)(=O)Nc1cnc(Cl)c(COC(=O)C(F)(F)F)c1. The topological polar surface area (TPSA) is 137 Å². The van der Waals surface area contributed by atoms with E-state index < -0.39 is 28.8 Å². The molecule has 2 aromatic heterocycles. The lowest BCUT2D eigenvalue weighted by Gasteiger charge is -2.14. The van der Waals surface area contributed by atoms with Crippen LogP contribution >= 0.6 is 22.9 Å². The second-order valence-corrected chi connectivity index (χ2v) is 12.6.